The molecule has 0 unspecified atom stereocenters. The van der Waals surface area contributed by atoms with Crippen LogP contribution in [0.15, 0.2) is 21.8 Å². The summed E-state index contributed by atoms with van der Waals surface area (Å²) in [5.74, 6) is 0.415. The fraction of sp³-hybridized carbons (Fsp3) is 0.500. The van der Waals surface area contributed by atoms with Crippen molar-refractivity contribution in [2.75, 3.05) is 0 Å². The second kappa shape index (κ2) is 5.47. The predicted octanol–water partition coefficient (Wildman–Crippen LogP) is 2.95. The van der Waals surface area contributed by atoms with E-state index in [0.29, 0.717) is 12.2 Å². The van der Waals surface area contributed by atoms with Crippen molar-refractivity contribution in [1.29, 1.82) is 0 Å². The molecule has 0 bridgehead atoms. The number of aliphatic hydroxyl groups excluding tert-OH is 1. The molecule has 1 N–H and O–H groups in total. The Morgan fingerprint density at radius 3 is 2.55 bits per heavy atom. The fourth-order valence-electron chi connectivity index (χ4n) is 0.571. The van der Waals surface area contributed by atoms with Crippen LogP contribution in [0.2, 0.25) is 6.82 Å². The molecule has 0 fully saturated rings. The van der Waals surface area contributed by atoms with Crippen molar-refractivity contribution in [2.24, 2.45) is 0 Å². The first-order valence-corrected chi connectivity index (χ1v) is 4.65. The average Bonchev–Trinajstić information content (AvgIpc) is 2.02. The molecular weight excluding hydrogens is 203 g/mol. The predicted molar refractivity (Wildman–Crippen MR) is 55.6 cm³/mol. The minimum atomic E-state index is 0.415. The average molecular weight is 217 g/mol. The van der Waals surface area contributed by atoms with E-state index in [0.717, 1.165) is 11.8 Å². The van der Waals surface area contributed by atoms with E-state index >= 15 is 0 Å². The van der Waals surface area contributed by atoms with Gasteiger partial charge in [-0.2, -0.15) is 0 Å². The van der Waals surface area contributed by atoms with E-state index in [-0.39, 0.29) is 0 Å². The van der Waals surface area contributed by atoms with Gasteiger partial charge < -0.3 is 5.11 Å². The Morgan fingerprint density at radius 1 is 1.64 bits per heavy atom. The van der Waals surface area contributed by atoms with Crippen LogP contribution in [0.25, 0.3) is 0 Å². The van der Waals surface area contributed by atoms with Crippen molar-refractivity contribution >= 4 is 23.2 Å². The van der Waals surface area contributed by atoms with Gasteiger partial charge in [-0.15, -0.1) is 5.47 Å². The van der Waals surface area contributed by atoms with Crippen LogP contribution in [0.5, 0.6) is 0 Å². The molecule has 0 heterocycles. The topological polar surface area (TPSA) is 20.2 Å². The molecular formula is C8H14BBrO. The highest BCUT2D eigenvalue weighted by Gasteiger charge is 1.96. The Labute approximate surface area is 77.6 Å². The standard InChI is InChI=1S/C8H14BBrO/c1-4-8(11)7(10)5-6(2)9-3/h5,9,11H,4H2,1-3H3/b6-5+,8-7-. The van der Waals surface area contributed by atoms with Gasteiger partial charge in [0.05, 0.1) is 4.48 Å². The van der Waals surface area contributed by atoms with E-state index in [4.69, 9.17) is 0 Å². The van der Waals surface area contributed by atoms with Crippen LogP contribution in [0.1, 0.15) is 20.3 Å². The summed E-state index contributed by atoms with van der Waals surface area (Å²) in [7, 11) is 1.02. The molecule has 0 aromatic heterocycles. The Bertz CT molecular complexity index is 185. The van der Waals surface area contributed by atoms with Crippen LogP contribution in [0.4, 0.5) is 0 Å². The number of hydrogen-bond acceptors (Lipinski definition) is 1. The fourth-order valence-corrected chi connectivity index (χ4v) is 1.24. The monoisotopic (exact) mass is 216 g/mol. The van der Waals surface area contributed by atoms with E-state index in [2.05, 4.69) is 22.8 Å². The molecule has 0 aliphatic rings. The number of allylic oxidation sites excluding steroid dienone is 4. The molecule has 11 heavy (non-hydrogen) atoms. The van der Waals surface area contributed by atoms with Gasteiger partial charge in [0, 0.05) is 6.42 Å². The van der Waals surface area contributed by atoms with E-state index in [9.17, 15) is 5.11 Å². The lowest BCUT2D eigenvalue weighted by Crippen LogP contribution is -1.86. The van der Waals surface area contributed by atoms with Crippen molar-refractivity contribution in [2.45, 2.75) is 27.1 Å². The van der Waals surface area contributed by atoms with E-state index in [1.807, 2.05) is 19.9 Å². The van der Waals surface area contributed by atoms with Gasteiger partial charge in [0.1, 0.15) is 13.0 Å². The first-order chi connectivity index (χ1) is 5.11. The summed E-state index contributed by atoms with van der Waals surface area (Å²) in [6.45, 7) is 6.06. The lowest BCUT2D eigenvalue weighted by Gasteiger charge is -1.98. The smallest absolute Gasteiger partial charge is 0.148 e. The van der Waals surface area contributed by atoms with Gasteiger partial charge in [-0.05, 0) is 15.9 Å². The van der Waals surface area contributed by atoms with Crippen LogP contribution >= 0.6 is 15.9 Å². The highest BCUT2D eigenvalue weighted by molar-refractivity contribution is 9.11. The summed E-state index contributed by atoms with van der Waals surface area (Å²) in [5.41, 5.74) is 1.26. The highest BCUT2D eigenvalue weighted by Crippen LogP contribution is 2.15. The van der Waals surface area contributed by atoms with E-state index in [1.165, 1.54) is 5.47 Å². The largest absolute Gasteiger partial charge is 0.511 e. The summed E-state index contributed by atoms with van der Waals surface area (Å²) in [6, 6.07) is 0. The van der Waals surface area contributed by atoms with Crippen LogP contribution in [0, 0.1) is 0 Å². The maximum Gasteiger partial charge on any atom is 0.148 e. The van der Waals surface area contributed by atoms with Crippen LogP contribution in [-0.2, 0) is 0 Å². The number of hydrogen-bond donors (Lipinski definition) is 1. The number of halogens is 1. The van der Waals surface area contributed by atoms with Gasteiger partial charge in [0.25, 0.3) is 0 Å². The molecule has 0 aromatic rings. The quantitative estimate of drug-likeness (QED) is 0.437. The maximum absolute atomic E-state index is 9.26. The molecule has 0 aliphatic carbocycles. The molecule has 0 radical (unpaired) electrons. The summed E-state index contributed by atoms with van der Waals surface area (Å²) in [6.07, 6.45) is 2.63. The van der Waals surface area contributed by atoms with Gasteiger partial charge in [-0.3, -0.25) is 0 Å². The molecule has 0 saturated heterocycles. The van der Waals surface area contributed by atoms with Gasteiger partial charge in [-0.25, -0.2) is 0 Å². The summed E-state index contributed by atoms with van der Waals surface area (Å²) < 4.78 is 0.805. The molecule has 0 spiro atoms. The Balaban J connectivity index is 4.37. The first kappa shape index (κ1) is 10.8. The first-order valence-electron chi connectivity index (χ1n) is 3.86. The normalized spacial score (nSPS) is 14.4. The summed E-state index contributed by atoms with van der Waals surface area (Å²) in [4.78, 5) is 0. The minimum Gasteiger partial charge on any atom is -0.511 e. The molecule has 0 rings (SSSR count). The SMILES string of the molecule is CB/C(C)=C/C(Br)=C(/O)CC. The van der Waals surface area contributed by atoms with Gasteiger partial charge in [0.15, 0.2) is 0 Å². The van der Waals surface area contributed by atoms with Gasteiger partial charge >= 0.3 is 0 Å². The molecule has 0 atom stereocenters. The van der Waals surface area contributed by atoms with Crippen molar-refractivity contribution < 1.29 is 5.11 Å². The third kappa shape index (κ3) is 4.30. The summed E-state index contributed by atoms with van der Waals surface area (Å²) >= 11 is 3.30. The number of rotatable bonds is 3. The van der Waals surface area contributed by atoms with E-state index in [1.54, 1.807) is 0 Å². The number of aliphatic hydroxyl groups is 1. The third-order valence-corrected chi connectivity index (χ3v) is 2.23. The Kier molecular flexibility index (Phi) is 5.39. The molecule has 0 saturated carbocycles. The molecule has 0 aromatic carbocycles. The Hall–Kier alpha value is -0.175. The second-order valence-corrected chi connectivity index (χ2v) is 3.35. The van der Waals surface area contributed by atoms with Crippen LogP contribution < -0.4 is 0 Å². The highest BCUT2D eigenvalue weighted by atomic mass is 79.9. The minimum absolute atomic E-state index is 0.415. The zero-order chi connectivity index (χ0) is 8.85. The van der Waals surface area contributed by atoms with E-state index < -0.39 is 0 Å². The van der Waals surface area contributed by atoms with Crippen LogP contribution in [0.3, 0.4) is 0 Å². The molecule has 0 aliphatic heterocycles. The molecule has 1 nitrogen and oxygen atoms in total. The molecule has 3 heteroatoms. The lowest BCUT2D eigenvalue weighted by molar-refractivity contribution is 0.393. The zero-order valence-electron chi connectivity index (χ0n) is 7.32. The summed E-state index contributed by atoms with van der Waals surface area (Å²) in [5, 5.41) is 9.26. The lowest BCUT2D eigenvalue weighted by atomic mass is 9.73. The van der Waals surface area contributed by atoms with Gasteiger partial charge in [0.2, 0.25) is 0 Å². The van der Waals surface area contributed by atoms with Crippen molar-refractivity contribution in [3.63, 3.8) is 0 Å². The molecule has 62 valence electrons. The van der Waals surface area contributed by atoms with Crippen molar-refractivity contribution in [3.05, 3.63) is 21.8 Å². The van der Waals surface area contributed by atoms with Gasteiger partial charge in [-0.1, -0.05) is 26.7 Å². The Morgan fingerprint density at radius 2 is 2.18 bits per heavy atom. The maximum atomic E-state index is 9.26. The van der Waals surface area contributed by atoms with Crippen LogP contribution in [-0.4, -0.2) is 12.4 Å². The molecule has 0 amide bonds. The van der Waals surface area contributed by atoms with Crippen molar-refractivity contribution in [3.8, 4) is 0 Å². The second-order valence-electron chi connectivity index (χ2n) is 2.49. The van der Waals surface area contributed by atoms with Crippen molar-refractivity contribution in [1.82, 2.24) is 0 Å². The zero-order valence-corrected chi connectivity index (χ0v) is 8.90. The third-order valence-electron chi connectivity index (χ3n) is 1.54.